The number of hydrogen-bond donors (Lipinski definition) is 2. The smallest absolute Gasteiger partial charge is 0.328 e. The Bertz CT molecular complexity index is 295. The molecule has 0 aromatic rings. The number of carboxylic acids is 1. The van der Waals surface area contributed by atoms with E-state index >= 15 is 0 Å². The summed E-state index contributed by atoms with van der Waals surface area (Å²) in [5.74, 6) is -1.50. The molecule has 1 rings (SSSR count). The second kappa shape index (κ2) is 8.69. The van der Waals surface area contributed by atoms with E-state index < -0.39 is 5.97 Å². The molecule has 0 aromatic heterocycles. The maximum atomic E-state index is 11.1. The molecule has 0 saturated heterocycles. The van der Waals surface area contributed by atoms with Gasteiger partial charge < -0.3 is 15.2 Å². The van der Waals surface area contributed by atoms with Crippen molar-refractivity contribution >= 4 is 11.9 Å². The topological polar surface area (TPSA) is 75.6 Å². The van der Waals surface area contributed by atoms with Crippen molar-refractivity contribution in [2.45, 2.75) is 44.6 Å². The average Bonchev–Trinajstić information content (AvgIpc) is 2.37. The number of carbonyl (C=O) groups is 2. The maximum absolute atomic E-state index is 11.1. The van der Waals surface area contributed by atoms with Crippen LogP contribution in [0.3, 0.4) is 0 Å². The lowest BCUT2D eigenvalue weighted by Gasteiger charge is -2.21. The van der Waals surface area contributed by atoms with Crippen LogP contribution in [0.2, 0.25) is 0 Å². The molecule has 5 nitrogen and oxygen atoms in total. The van der Waals surface area contributed by atoms with Crippen molar-refractivity contribution in [2.75, 3.05) is 13.2 Å². The molecule has 0 unspecified atom stereocenters. The third-order valence-electron chi connectivity index (χ3n) is 2.90. The molecule has 0 bridgehead atoms. The van der Waals surface area contributed by atoms with E-state index in [0.29, 0.717) is 19.3 Å². The number of carboxylic acid groups (broad SMARTS) is 1. The van der Waals surface area contributed by atoms with E-state index in [1.54, 1.807) is 0 Å². The normalized spacial score (nSPS) is 16.9. The fourth-order valence-corrected chi connectivity index (χ4v) is 1.97. The molecule has 2 N–H and O–H groups in total. The molecule has 102 valence electrons. The molecule has 1 aliphatic rings. The minimum atomic E-state index is -1.12. The third-order valence-corrected chi connectivity index (χ3v) is 2.90. The highest BCUT2D eigenvalue weighted by molar-refractivity contribution is 5.93. The quantitative estimate of drug-likeness (QED) is 0.533. The number of ether oxygens (including phenoxy) is 1. The average molecular weight is 255 g/mol. The Hall–Kier alpha value is -1.36. The molecular formula is C13H21NO4. The van der Waals surface area contributed by atoms with Crippen molar-refractivity contribution in [3.05, 3.63) is 12.2 Å². The van der Waals surface area contributed by atoms with E-state index in [-0.39, 0.29) is 5.91 Å². The molecular weight excluding hydrogens is 234 g/mol. The summed E-state index contributed by atoms with van der Waals surface area (Å²) in [4.78, 5) is 21.3. The first-order valence-corrected chi connectivity index (χ1v) is 6.49. The summed E-state index contributed by atoms with van der Waals surface area (Å²) < 4.78 is 5.70. The zero-order valence-electron chi connectivity index (χ0n) is 10.6. The molecule has 1 fully saturated rings. The van der Waals surface area contributed by atoms with Gasteiger partial charge in [0.05, 0.1) is 6.10 Å². The van der Waals surface area contributed by atoms with Gasteiger partial charge in [0.25, 0.3) is 0 Å². The van der Waals surface area contributed by atoms with Crippen molar-refractivity contribution in [3.8, 4) is 0 Å². The van der Waals surface area contributed by atoms with Gasteiger partial charge in [0.15, 0.2) is 0 Å². The fourth-order valence-electron chi connectivity index (χ4n) is 1.97. The highest BCUT2D eigenvalue weighted by atomic mass is 16.5. The van der Waals surface area contributed by atoms with Crippen LogP contribution >= 0.6 is 0 Å². The summed E-state index contributed by atoms with van der Waals surface area (Å²) in [5.41, 5.74) is 0. The van der Waals surface area contributed by atoms with E-state index in [1.165, 1.54) is 19.3 Å². The van der Waals surface area contributed by atoms with Crippen molar-refractivity contribution in [3.63, 3.8) is 0 Å². The highest BCUT2D eigenvalue weighted by Crippen LogP contribution is 2.20. The Kier molecular flexibility index (Phi) is 7.10. The lowest BCUT2D eigenvalue weighted by atomic mass is 9.98. The van der Waals surface area contributed by atoms with Gasteiger partial charge in [-0.15, -0.1) is 0 Å². The summed E-state index contributed by atoms with van der Waals surface area (Å²) in [6.07, 6.45) is 9.10. The summed E-state index contributed by atoms with van der Waals surface area (Å²) in [6, 6.07) is 0. The molecule has 1 saturated carbocycles. The molecule has 0 radical (unpaired) electrons. The molecule has 0 spiro atoms. The van der Waals surface area contributed by atoms with Crippen LogP contribution in [0, 0.1) is 0 Å². The van der Waals surface area contributed by atoms with Crippen molar-refractivity contribution in [2.24, 2.45) is 0 Å². The van der Waals surface area contributed by atoms with E-state index in [2.05, 4.69) is 5.32 Å². The Morgan fingerprint density at radius 2 is 1.94 bits per heavy atom. The standard InChI is InChI=1S/C13H21NO4/c15-12(7-8-13(16)17)14-9-4-10-18-11-5-2-1-3-6-11/h7-8,11H,1-6,9-10H2,(H,14,15)(H,16,17)/b8-7+. The van der Waals surface area contributed by atoms with Gasteiger partial charge in [0.1, 0.15) is 0 Å². The molecule has 0 aliphatic heterocycles. The first-order valence-electron chi connectivity index (χ1n) is 6.49. The summed E-state index contributed by atoms with van der Waals surface area (Å²) >= 11 is 0. The molecule has 0 atom stereocenters. The molecule has 0 heterocycles. The van der Waals surface area contributed by atoms with Crippen molar-refractivity contribution < 1.29 is 19.4 Å². The Balaban J connectivity index is 1.97. The van der Waals surface area contributed by atoms with Crippen LogP contribution in [0.1, 0.15) is 38.5 Å². The van der Waals surface area contributed by atoms with Gasteiger partial charge in [-0.1, -0.05) is 19.3 Å². The van der Waals surface area contributed by atoms with Gasteiger partial charge in [0.2, 0.25) is 5.91 Å². The SMILES string of the molecule is O=C(O)/C=C/C(=O)NCCCOC1CCCCC1. The fraction of sp³-hybridized carbons (Fsp3) is 0.692. The first kappa shape index (κ1) is 14.7. The van der Waals surface area contributed by atoms with Gasteiger partial charge >= 0.3 is 5.97 Å². The summed E-state index contributed by atoms with van der Waals surface area (Å²) in [7, 11) is 0. The predicted octanol–water partition coefficient (Wildman–Crippen LogP) is 1.48. The Morgan fingerprint density at radius 3 is 2.61 bits per heavy atom. The third kappa shape index (κ3) is 7.06. The van der Waals surface area contributed by atoms with Gasteiger partial charge in [-0.3, -0.25) is 4.79 Å². The van der Waals surface area contributed by atoms with Crippen LogP contribution in [0.25, 0.3) is 0 Å². The molecule has 5 heteroatoms. The van der Waals surface area contributed by atoms with Crippen LogP contribution in [0.4, 0.5) is 0 Å². The highest BCUT2D eigenvalue weighted by Gasteiger charge is 2.12. The molecule has 18 heavy (non-hydrogen) atoms. The van der Waals surface area contributed by atoms with Gasteiger partial charge in [0, 0.05) is 25.3 Å². The van der Waals surface area contributed by atoms with Crippen LogP contribution < -0.4 is 5.32 Å². The zero-order valence-corrected chi connectivity index (χ0v) is 10.6. The summed E-state index contributed by atoms with van der Waals surface area (Å²) in [6.45, 7) is 1.16. The maximum Gasteiger partial charge on any atom is 0.328 e. The molecule has 1 amide bonds. The van der Waals surface area contributed by atoms with Crippen LogP contribution in [-0.4, -0.2) is 36.2 Å². The van der Waals surface area contributed by atoms with E-state index in [4.69, 9.17) is 9.84 Å². The van der Waals surface area contributed by atoms with Crippen LogP contribution in [0.5, 0.6) is 0 Å². The minimum Gasteiger partial charge on any atom is -0.478 e. The number of carbonyl (C=O) groups excluding carboxylic acids is 1. The van der Waals surface area contributed by atoms with Crippen molar-refractivity contribution in [1.82, 2.24) is 5.32 Å². The van der Waals surface area contributed by atoms with Gasteiger partial charge in [-0.05, 0) is 19.3 Å². The number of hydrogen-bond acceptors (Lipinski definition) is 3. The largest absolute Gasteiger partial charge is 0.478 e. The lowest BCUT2D eigenvalue weighted by Crippen LogP contribution is -2.24. The number of amides is 1. The molecule has 1 aliphatic carbocycles. The Morgan fingerprint density at radius 1 is 1.22 bits per heavy atom. The predicted molar refractivity (Wildman–Crippen MR) is 67.2 cm³/mol. The van der Waals surface area contributed by atoms with Crippen molar-refractivity contribution in [1.29, 1.82) is 0 Å². The minimum absolute atomic E-state index is 0.380. The lowest BCUT2D eigenvalue weighted by molar-refractivity contribution is -0.131. The second-order valence-corrected chi connectivity index (χ2v) is 4.45. The Labute approximate surface area is 107 Å². The van der Waals surface area contributed by atoms with E-state index in [9.17, 15) is 9.59 Å². The van der Waals surface area contributed by atoms with E-state index in [1.807, 2.05) is 0 Å². The number of aliphatic carboxylic acids is 1. The molecule has 0 aromatic carbocycles. The van der Waals surface area contributed by atoms with E-state index in [0.717, 1.165) is 31.4 Å². The van der Waals surface area contributed by atoms with Gasteiger partial charge in [-0.25, -0.2) is 4.79 Å². The van der Waals surface area contributed by atoms with Crippen LogP contribution in [-0.2, 0) is 14.3 Å². The van der Waals surface area contributed by atoms with Gasteiger partial charge in [-0.2, -0.15) is 0 Å². The number of nitrogens with one attached hydrogen (secondary N) is 1. The zero-order chi connectivity index (χ0) is 13.2. The first-order chi connectivity index (χ1) is 8.68. The van der Waals surface area contributed by atoms with Crippen LogP contribution in [0.15, 0.2) is 12.2 Å². The monoisotopic (exact) mass is 255 g/mol. The summed E-state index contributed by atoms with van der Waals surface area (Å²) in [5, 5.41) is 10.9. The second-order valence-electron chi connectivity index (χ2n) is 4.45. The number of rotatable bonds is 7.